The van der Waals surface area contributed by atoms with Gasteiger partial charge in [0.2, 0.25) is 5.75 Å². The Bertz CT molecular complexity index is 1520. The predicted molar refractivity (Wildman–Crippen MR) is 144 cm³/mol. The summed E-state index contributed by atoms with van der Waals surface area (Å²) in [5.74, 6) is -1.49. The second-order valence-corrected chi connectivity index (χ2v) is 9.70. The molecule has 3 heterocycles. The van der Waals surface area contributed by atoms with Gasteiger partial charge < -0.3 is 24.9 Å². The van der Waals surface area contributed by atoms with Crippen LogP contribution >= 0.6 is 11.6 Å². The summed E-state index contributed by atoms with van der Waals surface area (Å²) in [4.78, 5) is 21.3. The fourth-order valence-electron chi connectivity index (χ4n) is 4.79. The van der Waals surface area contributed by atoms with Gasteiger partial charge in [-0.1, -0.05) is 23.7 Å². The van der Waals surface area contributed by atoms with Gasteiger partial charge in [-0.2, -0.15) is 0 Å². The van der Waals surface area contributed by atoms with E-state index in [0.717, 1.165) is 17.7 Å². The van der Waals surface area contributed by atoms with Gasteiger partial charge in [0, 0.05) is 55.6 Å². The molecule has 1 aliphatic rings. The molecule has 1 saturated heterocycles. The van der Waals surface area contributed by atoms with Crippen LogP contribution in [0.5, 0.6) is 5.75 Å². The molecule has 3 N–H and O–H groups in total. The second-order valence-electron chi connectivity index (χ2n) is 9.32. The van der Waals surface area contributed by atoms with Crippen molar-refractivity contribution in [1.29, 1.82) is 0 Å². The van der Waals surface area contributed by atoms with E-state index in [1.54, 1.807) is 23.1 Å². The van der Waals surface area contributed by atoms with Crippen LogP contribution in [-0.4, -0.2) is 65.1 Å². The number of amides is 1. The van der Waals surface area contributed by atoms with E-state index < -0.39 is 17.7 Å². The quantitative estimate of drug-likeness (QED) is 0.312. The Morgan fingerprint density at radius 1 is 1.21 bits per heavy atom. The molecule has 11 heteroatoms. The molecule has 204 valence electrons. The predicted octanol–water partition coefficient (Wildman–Crippen LogP) is 4.90. The summed E-state index contributed by atoms with van der Waals surface area (Å²) in [6, 6.07) is 9.11. The number of benzene rings is 2. The molecule has 1 amide bonds. The van der Waals surface area contributed by atoms with E-state index in [-0.39, 0.29) is 40.3 Å². The van der Waals surface area contributed by atoms with Gasteiger partial charge in [0.1, 0.15) is 17.7 Å². The van der Waals surface area contributed by atoms with Crippen LogP contribution in [0.25, 0.3) is 22.1 Å². The van der Waals surface area contributed by atoms with Gasteiger partial charge in [0.05, 0.1) is 23.3 Å². The standard InChI is InChI=1S/C28H27ClF2N4O4/c1-16(23-21(30)5-6-22(31)24(23)29)39-26-25-19(14-33-27(26)32)20(15-38-25)17-3-2-4-18(13-17)28(37)35-9-7-34(8-10-35)11-12-36/h2-6,13-16,36H,7-12H2,1H3,(H2,32,33). The maximum absolute atomic E-state index is 14.5. The Morgan fingerprint density at radius 3 is 2.69 bits per heavy atom. The van der Waals surface area contributed by atoms with Crippen molar-refractivity contribution in [3.63, 3.8) is 0 Å². The third kappa shape index (κ3) is 5.27. The lowest BCUT2D eigenvalue weighted by Gasteiger charge is -2.34. The smallest absolute Gasteiger partial charge is 0.253 e. The molecule has 1 fully saturated rings. The molecule has 1 unspecified atom stereocenters. The number of ether oxygens (including phenoxy) is 1. The van der Waals surface area contributed by atoms with Gasteiger partial charge in [0.15, 0.2) is 11.4 Å². The SMILES string of the molecule is CC(Oc1c(N)ncc2c(-c3cccc(C(=O)N4CCN(CCO)CC4)c3)coc12)c1c(F)ccc(F)c1Cl. The van der Waals surface area contributed by atoms with E-state index in [9.17, 15) is 13.6 Å². The summed E-state index contributed by atoms with van der Waals surface area (Å²) in [5, 5.41) is 9.34. The summed E-state index contributed by atoms with van der Waals surface area (Å²) in [6.07, 6.45) is 2.04. The van der Waals surface area contributed by atoms with Gasteiger partial charge >= 0.3 is 0 Å². The first kappa shape index (κ1) is 26.9. The van der Waals surface area contributed by atoms with E-state index in [0.29, 0.717) is 49.2 Å². The van der Waals surface area contributed by atoms with E-state index in [1.807, 2.05) is 6.07 Å². The number of carbonyl (C=O) groups excluding carboxylic acids is 1. The van der Waals surface area contributed by atoms with E-state index in [2.05, 4.69) is 9.88 Å². The van der Waals surface area contributed by atoms with Crippen LogP contribution in [0.2, 0.25) is 5.02 Å². The Balaban J connectivity index is 1.43. The number of rotatable bonds is 7. The van der Waals surface area contributed by atoms with Gasteiger partial charge in [-0.05, 0) is 36.8 Å². The highest BCUT2D eigenvalue weighted by Gasteiger charge is 2.25. The number of piperazine rings is 1. The number of halogens is 3. The number of pyridine rings is 1. The number of hydrogen-bond acceptors (Lipinski definition) is 7. The Kier molecular flexibility index (Phi) is 7.69. The summed E-state index contributed by atoms with van der Waals surface area (Å²) < 4.78 is 40.2. The molecule has 1 aliphatic heterocycles. The number of aliphatic hydroxyl groups excluding tert-OH is 1. The molecule has 1 atom stereocenters. The molecular formula is C28H27ClF2N4O4. The highest BCUT2D eigenvalue weighted by Crippen LogP contribution is 2.41. The maximum Gasteiger partial charge on any atom is 0.253 e. The number of anilines is 1. The number of nitrogen functional groups attached to an aromatic ring is 1. The molecule has 0 bridgehead atoms. The Labute approximate surface area is 228 Å². The van der Waals surface area contributed by atoms with Gasteiger partial charge in [0.25, 0.3) is 5.91 Å². The van der Waals surface area contributed by atoms with Crippen molar-refractivity contribution in [2.45, 2.75) is 13.0 Å². The van der Waals surface area contributed by atoms with Gasteiger partial charge in [-0.15, -0.1) is 0 Å². The monoisotopic (exact) mass is 556 g/mol. The zero-order chi connectivity index (χ0) is 27.7. The zero-order valence-corrected chi connectivity index (χ0v) is 21.9. The molecule has 5 rings (SSSR count). The Hall–Kier alpha value is -3.73. The number of fused-ring (bicyclic) bond motifs is 1. The van der Waals surface area contributed by atoms with Crippen molar-refractivity contribution in [3.8, 4) is 16.9 Å². The number of carbonyl (C=O) groups is 1. The van der Waals surface area contributed by atoms with Crippen LogP contribution < -0.4 is 10.5 Å². The fraction of sp³-hybridized carbons (Fsp3) is 0.286. The minimum absolute atomic E-state index is 0.00690. The highest BCUT2D eigenvalue weighted by atomic mass is 35.5. The van der Waals surface area contributed by atoms with E-state index >= 15 is 0 Å². The molecule has 0 saturated carbocycles. The number of aromatic nitrogens is 1. The molecule has 2 aromatic carbocycles. The number of hydrogen-bond donors (Lipinski definition) is 2. The molecular weight excluding hydrogens is 530 g/mol. The molecule has 2 aromatic heterocycles. The van der Waals surface area contributed by atoms with Crippen molar-refractivity contribution >= 4 is 34.3 Å². The Morgan fingerprint density at radius 2 is 1.95 bits per heavy atom. The normalized spacial score (nSPS) is 15.1. The van der Waals surface area contributed by atoms with Gasteiger partial charge in [-0.3, -0.25) is 9.69 Å². The largest absolute Gasteiger partial charge is 0.478 e. The van der Waals surface area contributed by atoms with Crippen LogP contribution in [0.1, 0.15) is 28.9 Å². The fourth-order valence-corrected chi connectivity index (χ4v) is 5.09. The average molecular weight is 557 g/mol. The van der Waals surface area contributed by atoms with Crippen LogP contribution in [0, 0.1) is 11.6 Å². The third-order valence-corrected chi connectivity index (χ3v) is 7.26. The van der Waals surface area contributed by atoms with Crippen molar-refractivity contribution in [2.24, 2.45) is 0 Å². The molecule has 8 nitrogen and oxygen atoms in total. The maximum atomic E-state index is 14.5. The summed E-state index contributed by atoms with van der Waals surface area (Å²) >= 11 is 6.01. The lowest BCUT2D eigenvalue weighted by atomic mass is 10.0. The summed E-state index contributed by atoms with van der Waals surface area (Å²) in [6.45, 7) is 4.78. The van der Waals surface area contributed by atoms with Crippen molar-refractivity contribution in [2.75, 3.05) is 45.1 Å². The first-order chi connectivity index (χ1) is 18.8. The topological polar surface area (TPSA) is 105 Å². The van der Waals surface area contributed by atoms with E-state index in [1.165, 1.54) is 19.4 Å². The molecule has 4 aromatic rings. The van der Waals surface area contributed by atoms with Crippen LogP contribution in [0.4, 0.5) is 14.6 Å². The second kappa shape index (κ2) is 11.2. The lowest BCUT2D eigenvalue weighted by Crippen LogP contribution is -2.49. The minimum Gasteiger partial charge on any atom is -0.478 e. The number of β-amino-alcohol motifs (C(OH)–C–C–N with tert-alkyl or cyclic N) is 1. The average Bonchev–Trinajstić information content (AvgIpc) is 3.37. The highest BCUT2D eigenvalue weighted by molar-refractivity contribution is 6.31. The number of aliphatic hydroxyl groups is 1. The molecule has 0 radical (unpaired) electrons. The zero-order valence-electron chi connectivity index (χ0n) is 21.2. The lowest BCUT2D eigenvalue weighted by molar-refractivity contribution is 0.0615. The van der Waals surface area contributed by atoms with Crippen LogP contribution in [0.3, 0.4) is 0 Å². The number of nitrogens with zero attached hydrogens (tertiary/aromatic N) is 3. The molecule has 0 aliphatic carbocycles. The van der Waals surface area contributed by atoms with E-state index in [4.69, 9.17) is 31.6 Å². The van der Waals surface area contributed by atoms with Crippen LogP contribution in [0.15, 0.2) is 53.3 Å². The number of nitrogens with two attached hydrogens (primary N) is 1. The van der Waals surface area contributed by atoms with Crippen molar-refractivity contribution < 1.29 is 27.8 Å². The molecule has 39 heavy (non-hydrogen) atoms. The van der Waals surface area contributed by atoms with Crippen molar-refractivity contribution in [3.05, 3.63) is 76.6 Å². The first-order valence-electron chi connectivity index (χ1n) is 12.5. The van der Waals surface area contributed by atoms with Crippen LogP contribution in [-0.2, 0) is 0 Å². The first-order valence-corrected chi connectivity index (χ1v) is 12.8. The third-order valence-electron chi connectivity index (χ3n) is 6.88. The minimum atomic E-state index is -1.00. The molecule has 0 spiro atoms. The summed E-state index contributed by atoms with van der Waals surface area (Å²) in [7, 11) is 0. The number of furan rings is 1. The van der Waals surface area contributed by atoms with Gasteiger partial charge in [-0.25, -0.2) is 13.8 Å². The summed E-state index contributed by atoms with van der Waals surface area (Å²) in [5.41, 5.74) is 8.11. The van der Waals surface area contributed by atoms with Crippen molar-refractivity contribution in [1.82, 2.24) is 14.8 Å².